The smallest absolute Gasteiger partial charge is 0.283 e. The maximum Gasteiger partial charge on any atom is 0.283 e. The van der Waals surface area contributed by atoms with E-state index in [2.05, 4.69) is 15.5 Å². The molecule has 6 nitrogen and oxygen atoms in total. The number of methoxy groups -OCH3 is 1. The Morgan fingerprint density at radius 1 is 1.34 bits per heavy atom. The molecule has 0 unspecified atom stereocenters. The Balaban J connectivity index is 1.50. The van der Waals surface area contributed by atoms with E-state index in [9.17, 15) is 4.79 Å². The highest BCUT2D eigenvalue weighted by atomic mass is 35.5. The molecule has 8 heteroatoms. The van der Waals surface area contributed by atoms with Gasteiger partial charge in [-0.2, -0.15) is 5.10 Å². The minimum Gasteiger partial charge on any atom is -0.496 e. The van der Waals surface area contributed by atoms with Crippen molar-refractivity contribution < 1.29 is 14.3 Å². The number of benzene rings is 2. The number of ether oxygens (including phenoxy) is 2. The molecule has 0 bridgehead atoms. The lowest BCUT2D eigenvalue weighted by molar-refractivity contribution is 0.0958. The van der Waals surface area contributed by atoms with Gasteiger partial charge in [0.15, 0.2) is 0 Å². The van der Waals surface area contributed by atoms with E-state index in [1.807, 2.05) is 24.3 Å². The van der Waals surface area contributed by atoms with Crippen molar-refractivity contribution in [2.75, 3.05) is 13.7 Å². The van der Waals surface area contributed by atoms with E-state index in [1.165, 1.54) is 11.3 Å². The fraction of sp³-hybridized carbons (Fsp3) is 0.190. The zero-order valence-corrected chi connectivity index (χ0v) is 17.4. The molecule has 0 spiro atoms. The summed E-state index contributed by atoms with van der Waals surface area (Å²) in [5.74, 6) is 1.22. The van der Waals surface area contributed by atoms with E-state index in [0.717, 1.165) is 28.9 Å². The molecule has 2 heterocycles. The number of hydrogen-bond donors (Lipinski definition) is 1. The quantitative estimate of drug-likeness (QED) is 0.481. The molecule has 1 aliphatic heterocycles. The van der Waals surface area contributed by atoms with Crippen LogP contribution in [0.1, 0.15) is 26.5 Å². The number of nitrogens with one attached hydrogen (secondary N) is 1. The number of fused-ring (bicyclic) bond motifs is 1. The summed E-state index contributed by atoms with van der Waals surface area (Å²) in [5, 5.41) is 5.34. The summed E-state index contributed by atoms with van der Waals surface area (Å²) in [4.78, 5) is 17.6. The van der Waals surface area contributed by atoms with Gasteiger partial charge in [0, 0.05) is 11.4 Å². The number of hydrogen-bond acceptors (Lipinski definition) is 6. The first-order valence-electron chi connectivity index (χ1n) is 8.95. The second-order valence-electron chi connectivity index (χ2n) is 6.44. The van der Waals surface area contributed by atoms with Gasteiger partial charge < -0.3 is 9.47 Å². The van der Waals surface area contributed by atoms with Gasteiger partial charge in [-0.25, -0.2) is 10.4 Å². The van der Waals surface area contributed by atoms with Crippen LogP contribution < -0.4 is 14.9 Å². The van der Waals surface area contributed by atoms with Crippen LogP contribution in [0.15, 0.2) is 41.5 Å². The molecule has 29 heavy (non-hydrogen) atoms. The molecule has 0 radical (unpaired) electrons. The van der Waals surface area contributed by atoms with E-state index < -0.39 is 0 Å². The van der Waals surface area contributed by atoms with Crippen LogP contribution in [0.4, 0.5) is 0 Å². The van der Waals surface area contributed by atoms with Gasteiger partial charge in [0.05, 0.1) is 31.2 Å². The monoisotopic (exact) mass is 427 g/mol. The highest BCUT2D eigenvalue weighted by molar-refractivity contribution is 7.17. The fourth-order valence-corrected chi connectivity index (χ4v) is 4.22. The first kappa shape index (κ1) is 19.4. The minimum absolute atomic E-state index is 0.306. The molecule has 4 rings (SSSR count). The van der Waals surface area contributed by atoms with Crippen molar-refractivity contribution in [2.24, 2.45) is 5.10 Å². The van der Waals surface area contributed by atoms with Gasteiger partial charge in [-0.15, -0.1) is 11.3 Å². The van der Waals surface area contributed by atoms with E-state index in [0.29, 0.717) is 33.0 Å². The van der Waals surface area contributed by atoms with Crippen molar-refractivity contribution in [1.82, 2.24) is 10.4 Å². The van der Waals surface area contributed by atoms with Crippen molar-refractivity contribution in [3.05, 3.63) is 63.1 Å². The molecule has 1 N–H and O–H groups in total. The molecule has 1 aliphatic rings. The zero-order chi connectivity index (χ0) is 20.4. The summed E-state index contributed by atoms with van der Waals surface area (Å²) in [7, 11) is 1.57. The van der Waals surface area contributed by atoms with Gasteiger partial charge in [0.25, 0.3) is 5.91 Å². The third-order valence-electron chi connectivity index (χ3n) is 4.49. The summed E-state index contributed by atoms with van der Waals surface area (Å²) in [6.07, 6.45) is 2.51. The van der Waals surface area contributed by atoms with Crippen LogP contribution >= 0.6 is 22.9 Å². The normalized spacial score (nSPS) is 12.7. The number of carbonyl (C=O) groups excluding carboxylic acids is 1. The van der Waals surface area contributed by atoms with Gasteiger partial charge in [-0.05, 0) is 54.4 Å². The van der Waals surface area contributed by atoms with E-state index in [1.54, 1.807) is 32.4 Å². The number of rotatable bonds is 5. The van der Waals surface area contributed by atoms with E-state index >= 15 is 0 Å². The first-order chi connectivity index (χ1) is 14.0. The van der Waals surface area contributed by atoms with Gasteiger partial charge in [0.2, 0.25) is 0 Å². The molecule has 0 aliphatic carbocycles. The lowest BCUT2D eigenvalue weighted by Gasteiger charge is -2.05. The molecule has 0 atom stereocenters. The number of halogens is 1. The summed E-state index contributed by atoms with van der Waals surface area (Å²) in [5.41, 5.74) is 6.05. The molecule has 0 saturated heterocycles. The number of carbonyl (C=O) groups is 1. The van der Waals surface area contributed by atoms with Gasteiger partial charge >= 0.3 is 0 Å². The molecule has 0 saturated carbocycles. The number of nitrogens with zero attached hydrogens (tertiary/aromatic N) is 2. The Labute approximate surface area is 177 Å². The summed E-state index contributed by atoms with van der Waals surface area (Å²) >= 11 is 7.31. The maximum absolute atomic E-state index is 12.6. The number of aryl methyl sites for hydroxylation is 1. The molecule has 0 fully saturated rings. The molecule has 1 amide bonds. The Hall–Kier alpha value is -2.90. The Morgan fingerprint density at radius 3 is 3.03 bits per heavy atom. The first-order valence-corrected chi connectivity index (χ1v) is 10.1. The van der Waals surface area contributed by atoms with Gasteiger partial charge in [0.1, 0.15) is 21.4 Å². The van der Waals surface area contributed by atoms with Crippen LogP contribution in [0.5, 0.6) is 11.5 Å². The van der Waals surface area contributed by atoms with Crippen molar-refractivity contribution in [3.63, 3.8) is 0 Å². The van der Waals surface area contributed by atoms with Gasteiger partial charge in [-0.1, -0.05) is 11.6 Å². The predicted octanol–water partition coefficient (Wildman–Crippen LogP) is 4.48. The maximum atomic E-state index is 12.6. The average molecular weight is 428 g/mol. The Morgan fingerprint density at radius 2 is 2.21 bits per heavy atom. The summed E-state index contributed by atoms with van der Waals surface area (Å²) < 4.78 is 10.9. The second-order valence-corrected chi connectivity index (χ2v) is 7.88. The molecule has 148 valence electrons. The van der Waals surface area contributed by atoms with Crippen LogP contribution in [0, 0.1) is 6.92 Å². The molecule has 3 aromatic rings. The Kier molecular flexibility index (Phi) is 5.51. The van der Waals surface area contributed by atoms with Crippen LogP contribution in [0.3, 0.4) is 0 Å². The highest BCUT2D eigenvalue weighted by Gasteiger charge is 2.18. The average Bonchev–Trinajstić information content (AvgIpc) is 3.33. The third-order valence-corrected chi connectivity index (χ3v) is 5.91. The largest absolute Gasteiger partial charge is 0.496 e. The fourth-order valence-electron chi connectivity index (χ4n) is 3.07. The standard InChI is InChI=1S/C21H18ClN3O3S/c1-12-19(29-21(24-12)16-5-4-15(22)10-18(16)27-2)20(26)25-23-11-13-3-6-17-14(9-13)7-8-28-17/h3-6,9-11H,7-8H2,1-2H3,(H,25,26)/b23-11-. The lowest BCUT2D eigenvalue weighted by atomic mass is 10.1. The summed E-state index contributed by atoms with van der Waals surface area (Å²) in [6.45, 7) is 2.50. The van der Waals surface area contributed by atoms with Crippen molar-refractivity contribution in [2.45, 2.75) is 13.3 Å². The molecular weight excluding hydrogens is 410 g/mol. The molecular formula is C21H18ClN3O3S. The molecule has 2 aromatic carbocycles. The lowest BCUT2D eigenvalue weighted by Crippen LogP contribution is -2.17. The number of aromatic nitrogens is 1. The number of amides is 1. The highest BCUT2D eigenvalue weighted by Crippen LogP contribution is 2.36. The van der Waals surface area contributed by atoms with E-state index in [-0.39, 0.29) is 5.91 Å². The Bertz CT molecular complexity index is 1110. The zero-order valence-electron chi connectivity index (χ0n) is 15.9. The summed E-state index contributed by atoms with van der Waals surface area (Å²) in [6, 6.07) is 11.2. The minimum atomic E-state index is -0.306. The van der Waals surface area contributed by atoms with Crippen LogP contribution in [-0.2, 0) is 6.42 Å². The molecule has 1 aromatic heterocycles. The van der Waals surface area contributed by atoms with Crippen LogP contribution in [0.25, 0.3) is 10.6 Å². The van der Waals surface area contributed by atoms with Crippen LogP contribution in [0.2, 0.25) is 5.02 Å². The number of hydrazone groups is 1. The van der Waals surface area contributed by atoms with Crippen molar-refractivity contribution >= 4 is 35.1 Å². The van der Waals surface area contributed by atoms with Crippen molar-refractivity contribution in [1.29, 1.82) is 0 Å². The van der Waals surface area contributed by atoms with Crippen molar-refractivity contribution in [3.8, 4) is 22.1 Å². The predicted molar refractivity (Wildman–Crippen MR) is 115 cm³/mol. The van der Waals surface area contributed by atoms with E-state index in [4.69, 9.17) is 21.1 Å². The third kappa shape index (κ3) is 4.11. The van der Waals surface area contributed by atoms with Gasteiger partial charge in [-0.3, -0.25) is 4.79 Å². The topological polar surface area (TPSA) is 72.8 Å². The number of thiazole rings is 1. The SMILES string of the molecule is COc1cc(Cl)ccc1-c1nc(C)c(C(=O)N/N=C\c2ccc3c(c2)CCO3)s1. The van der Waals surface area contributed by atoms with Crippen LogP contribution in [-0.4, -0.2) is 30.8 Å². The second kappa shape index (κ2) is 8.23.